The minimum absolute atomic E-state index is 0.0189. The van der Waals surface area contributed by atoms with E-state index >= 15 is 0 Å². The fraction of sp³-hybridized carbons (Fsp3) is 0.769. The van der Waals surface area contributed by atoms with E-state index in [1.165, 1.54) is 37.4 Å². The number of hydrogen-bond acceptors (Lipinski definition) is 5. The predicted octanol–water partition coefficient (Wildman–Crippen LogP) is 1.35. The van der Waals surface area contributed by atoms with E-state index in [0.29, 0.717) is 30.9 Å². The van der Waals surface area contributed by atoms with Gasteiger partial charge in [-0.15, -0.1) is 10.2 Å². The normalized spacial score (nSPS) is 18.2. The maximum Gasteiger partial charge on any atom is 0.230 e. The molecule has 2 aliphatic rings. The van der Waals surface area contributed by atoms with E-state index in [2.05, 4.69) is 20.1 Å². The highest BCUT2D eigenvalue weighted by Gasteiger charge is 2.36. The first kappa shape index (κ1) is 13.9. The third kappa shape index (κ3) is 3.32. The monoisotopic (exact) mass is 296 g/mol. The zero-order valence-corrected chi connectivity index (χ0v) is 12.5. The van der Waals surface area contributed by atoms with Crippen LogP contribution in [-0.2, 0) is 9.53 Å². The average molecular weight is 296 g/mol. The second-order valence-corrected chi connectivity index (χ2v) is 6.29. The van der Waals surface area contributed by atoms with Crippen LogP contribution in [-0.4, -0.2) is 46.7 Å². The van der Waals surface area contributed by atoms with Crippen LogP contribution < -0.4 is 5.32 Å². The molecule has 0 bridgehead atoms. The zero-order valence-electron chi connectivity index (χ0n) is 11.7. The van der Waals surface area contributed by atoms with Crippen LogP contribution in [0.3, 0.4) is 0 Å². The lowest BCUT2D eigenvalue weighted by Gasteiger charge is -2.08. The van der Waals surface area contributed by atoms with Gasteiger partial charge in [-0.2, -0.15) is 0 Å². The summed E-state index contributed by atoms with van der Waals surface area (Å²) in [6.45, 7) is 1.10. The van der Waals surface area contributed by atoms with Crippen LogP contribution in [0.4, 0.5) is 0 Å². The van der Waals surface area contributed by atoms with Gasteiger partial charge in [0.2, 0.25) is 5.91 Å². The third-order valence-corrected chi connectivity index (χ3v) is 4.45. The Bertz CT molecular complexity index is 483. The van der Waals surface area contributed by atoms with E-state index < -0.39 is 0 Å². The fourth-order valence-corrected chi connectivity index (χ4v) is 3.00. The van der Waals surface area contributed by atoms with Gasteiger partial charge in [0.15, 0.2) is 5.16 Å². The Kier molecular flexibility index (Phi) is 4.26. The number of rotatable bonds is 8. The Labute approximate surface area is 122 Å². The van der Waals surface area contributed by atoms with Gasteiger partial charge in [-0.05, 0) is 25.7 Å². The summed E-state index contributed by atoms with van der Waals surface area (Å²) in [5, 5.41) is 12.3. The molecule has 0 atom stereocenters. The second-order valence-electron chi connectivity index (χ2n) is 5.35. The molecule has 2 aliphatic carbocycles. The molecule has 0 spiro atoms. The van der Waals surface area contributed by atoms with Crippen molar-refractivity contribution in [2.24, 2.45) is 0 Å². The molecule has 2 fully saturated rings. The maximum atomic E-state index is 11.7. The quantitative estimate of drug-likeness (QED) is 0.579. The molecule has 3 rings (SSSR count). The van der Waals surface area contributed by atoms with Gasteiger partial charge in [0.05, 0.1) is 12.4 Å². The first-order valence-electron chi connectivity index (χ1n) is 7.13. The molecule has 0 aromatic carbocycles. The largest absolute Gasteiger partial charge is 0.383 e. The maximum absolute atomic E-state index is 11.7. The van der Waals surface area contributed by atoms with Crippen molar-refractivity contribution < 1.29 is 9.53 Å². The highest BCUT2D eigenvalue weighted by molar-refractivity contribution is 7.99. The summed E-state index contributed by atoms with van der Waals surface area (Å²) in [7, 11) is 1.62. The van der Waals surface area contributed by atoms with Gasteiger partial charge in [-0.3, -0.25) is 4.79 Å². The summed E-state index contributed by atoms with van der Waals surface area (Å²) in [4.78, 5) is 11.7. The molecule has 2 saturated carbocycles. The Morgan fingerprint density at radius 3 is 2.85 bits per heavy atom. The Balaban J connectivity index is 1.56. The number of hydrogen-bond donors (Lipinski definition) is 1. The van der Waals surface area contributed by atoms with E-state index in [1.807, 2.05) is 0 Å². The molecular formula is C13H20N4O2S. The van der Waals surface area contributed by atoms with Crippen molar-refractivity contribution in [3.05, 3.63) is 5.82 Å². The minimum Gasteiger partial charge on any atom is -0.383 e. The van der Waals surface area contributed by atoms with Gasteiger partial charge in [0.25, 0.3) is 0 Å². The van der Waals surface area contributed by atoms with Crippen LogP contribution in [0.25, 0.3) is 0 Å². The molecule has 20 heavy (non-hydrogen) atoms. The molecule has 1 aromatic rings. The summed E-state index contributed by atoms with van der Waals surface area (Å²) in [5.74, 6) is 2.15. The number of carbonyl (C=O) groups is 1. The van der Waals surface area contributed by atoms with Gasteiger partial charge in [-0.1, -0.05) is 11.8 Å². The van der Waals surface area contributed by atoms with Gasteiger partial charge >= 0.3 is 0 Å². The predicted molar refractivity (Wildman–Crippen MR) is 75.9 cm³/mol. The number of nitrogens with one attached hydrogen (secondary N) is 1. The highest BCUT2D eigenvalue weighted by atomic mass is 32.2. The Morgan fingerprint density at radius 2 is 2.20 bits per heavy atom. The smallest absolute Gasteiger partial charge is 0.230 e. The number of carbonyl (C=O) groups excluding carboxylic acids is 1. The average Bonchev–Trinajstić information content (AvgIpc) is 3.35. The minimum atomic E-state index is 0.0189. The van der Waals surface area contributed by atoms with Crippen molar-refractivity contribution in [3.8, 4) is 0 Å². The van der Waals surface area contributed by atoms with Crippen molar-refractivity contribution >= 4 is 17.7 Å². The summed E-state index contributed by atoms with van der Waals surface area (Å²) >= 11 is 1.48. The number of ether oxygens (including phenoxy) is 1. The lowest BCUT2D eigenvalue weighted by Crippen LogP contribution is -2.28. The number of methoxy groups -OCH3 is 1. The zero-order chi connectivity index (χ0) is 13.9. The molecule has 6 nitrogen and oxygen atoms in total. The van der Waals surface area contributed by atoms with E-state index in [0.717, 1.165) is 11.0 Å². The molecule has 0 unspecified atom stereocenters. The molecular weight excluding hydrogens is 276 g/mol. The van der Waals surface area contributed by atoms with Crippen LogP contribution in [0.2, 0.25) is 0 Å². The molecule has 7 heteroatoms. The van der Waals surface area contributed by atoms with Crippen molar-refractivity contribution in [1.29, 1.82) is 0 Å². The fourth-order valence-electron chi connectivity index (χ4n) is 2.16. The number of thioether (sulfide) groups is 1. The van der Waals surface area contributed by atoms with E-state index in [9.17, 15) is 4.79 Å². The molecule has 0 aliphatic heterocycles. The first-order valence-corrected chi connectivity index (χ1v) is 8.11. The summed E-state index contributed by atoms with van der Waals surface area (Å²) in [6, 6.07) is 0.569. The summed E-state index contributed by atoms with van der Waals surface area (Å²) < 4.78 is 7.17. The lowest BCUT2D eigenvalue weighted by molar-refractivity contribution is -0.118. The molecule has 0 radical (unpaired) electrons. The van der Waals surface area contributed by atoms with Crippen molar-refractivity contribution in [2.75, 3.05) is 26.0 Å². The number of aromatic nitrogens is 3. The van der Waals surface area contributed by atoms with Crippen LogP contribution in [0, 0.1) is 0 Å². The molecule has 1 aromatic heterocycles. The molecule has 1 heterocycles. The van der Waals surface area contributed by atoms with Crippen molar-refractivity contribution in [1.82, 2.24) is 20.1 Å². The van der Waals surface area contributed by atoms with Crippen LogP contribution in [0.5, 0.6) is 0 Å². The second kappa shape index (κ2) is 6.13. The third-order valence-electron chi connectivity index (χ3n) is 3.51. The standard InChI is InChI=1S/C13H20N4O2S/c1-19-7-6-14-11(18)8-20-13-16-15-12(9-2-3-9)17(13)10-4-5-10/h9-10H,2-8H2,1H3,(H,14,18). The molecule has 1 N–H and O–H groups in total. The van der Waals surface area contributed by atoms with Gasteiger partial charge in [-0.25, -0.2) is 0 Å². The van der Waals surface area contributed by atoms with Crippen molar-refractivity contribution in [3.63, 3.8) is 0 Å². The summed E-state index contributed by atoms with van der Waals surface area (Å²) in [6.07, 6.45) is 4.89. The molecule has 0 saturated heterocycles. The number of amides is 1. The topological polar surface area (TPSA) is 69.0 Å². The Morgan fingerprint density at radius 1 is 1.40 bits per heavy atom. The van der Waals surface area contributed by atoms with Crippen molar-refractivity contribution in [2.45, 2.75) is 42.8 Å². The van der Waals surface area contributed by atoms with Gasteiger partial charge in [0.1, 0.15) is 5.82 Å². The lowest BCUT2D eigenvalue weighted by atomic mass is 10.4. The van der Waals surface area contributed by atoms with Crippen LogP contribution in [0.15, 0.2) is 5.16 Å². The van der Waals surface area contributed by atoms with Gasteiger partial charge < -0.3 is 14.6 Å². The SMILES string of the molecule is COCCNC(=O)CSc1nnc(C2CC2)n1C1CC1. The van der Waals surface area contributed by atoms with Gasteiger partial charge in [0, 0.05) is 25.6 Å². The molecule has 1 amide bonds. The van der Waals surface area contributed by atoms with E-state index in [4.69, 9.17) is 4.74 Å². The van der Waals surface area contributed by atoms with Crippen LogP contribution in [0.1, 0.15) is 43.5 Å². The Hall–Kier alpha value is -1.08. The number of nitrogens with zero attached hydrogens (tertiary/aromatic N) is 3. The van der Waals surface area contributed by atoms with E-state index in [1.54, 1.807) is 7.11 Å². The highest BCUT2D eigenvalue weighted by Crippen LogP contribution is 2.45. The first-order chi connectivity index (χ1) is 9.79. The molecule has 110 valence electrons. The summed E-state index contributed by atoms with van der Waals surface area (Å²) in [5.41, 5.74) is 0. The van der Waals surface area contributed by atoms with Crippen LogP contribution >= 0.6 is 11.8 Å². The van der Waals surface area contributed by atoms with E-state index in [-0.39, 0.29) is 5.91 Å².